The van der Waals surface area contributed by atoms with E-state index in [-0.39, 0.29) is 38.6 Å². The number of aliphatic hydroxyl groups is 2. The standard InChI is InChI=1S/C78H103N15O21S/c1-41(2)63-73(109)85-54(37-62(100)101)70(106)89-65(46(7)95)75(111)90-64(45(6)94)74(110)82-42(3)76(112)92(9)58(36-48-22-15-11-16-23-48)72(108)86-55(35-49-27-29-51(30-28-49)50-24-17-12-18-25-50)78(114)91(8)44(5)66(102)84-52(31-32-61(98)99)68(104)81-43(4)77(113)93-33-19-26-57(93)71(107)87-56(67(103)80-38-59(79)96)39-115-40-60(97)83-53(69(105)88-63)34-47-20-13-10-14-21-47/h10-18,20-25,27-30,41-46,52-58,63-65,94-95H,19,26,31-40H2,1-9H3,(H2,79,96)(H,80,103)(H,81,104)(H,82,110)(H,83,97)(H,84,102)(H,85,109)(H,86,108)(H,87,107)(H,88,105)(H,89,106)(H,90,111)(H,98,99)(H,100,101)/t42-,43-,44-,45+,46+,52-,53-,54-,55-,56-,57-,58-,63-,64-,65-/m0/s1. The maximum absolute atomic E-state index is 15.2. The predicted octanol–water partition coefficient (Wildman–Crippen LogP) is -2.96. The van der Waals surface area contributed by atoms with Crippen LogP contribution in [0.2, 0.25) is 0 Å². The van der Waals surface area contributed by atoms with Crippen LogP contribution in [0.4, 0.5) is 0 Å². The third-order valence-electron chi connectivity index (χ3n) is 19.3. The second-order valence-electron chi connectivity index (χ2n) is 28.7. The number of aliphatic hydroxyl groups excluding tert-OH is 2. The molecule has 622 valence electrons. The van der Waals surface area contributed by atoms with Crippen LogP contribution in [0.3, 0.4) is 0 Å². The van der Waals surface area contributed by atoms with Gasteiger partial charge in [0.2, 0.25) is 88.6 Å². The number of likely N-dealkylation sites (N-methyl/N-ethyl adjacent to an activating group) is 2. The number of aliphatic carboxylic acids is 2. The van der Waals surface area contributed by atoms with Gasteiger partial charge in [0.1, 0.15) is 78.5 Å². The van der Waals surface area contributed by atoms with Crippen LogP contribution in [0.5, 0.6) is 0 Å². The van der Waals surface area contributed by atoms with Crippen LogP contribution in [0.25, 0.3) is 11.1 Å². The van der Waals surface area contributed by atoms with Crippen molar-refractivity contribution in [3.8, 4) is 11.1 Å². The summed E-state index contributed by atoms with van der Waals surface area (Å²) in [6.07, 6.45) is -6.47. The van der Waals surface area contributed by atoms with Crippen LogP contribution in [0.1, 0.15) is 97.3 Å². The molecule has 2 fully saturated rings. The van der Waals surface area contributed by atoms with Gasteiger partial charge in [-0.05, 0) is 87.6 Å². The monoisotopic (exact) mass is 1620 g/mol. The molecule has 4 aromatic carbocycles. The summed E-state index contributed by atoms with van der Waals surface area (Å²) in [5, 5.41) is 68.7. The SMILES string of the molecule is CC(C)[C@@H]1NC(=O)[C@H](Cc2ccccc2)NC(=O)CSC[C@@H](C(=O)NCC(N)=O)NC(=O)[C@@H]2CCCN2C(=O)[C@H](C)NC(=O)[C@H](CCC(=O)O)NC(=O)[C@H](C)N(C)C(=O)[C@H](Cc2ccc(-c3ccccc3)cc2)NC(=O)[C@H](Cc2ccccc2)N(C)C(=O)[C@H](C)NC(=O)[C@H]([C@@H](C)O)NC(=O)[C@H]([C@@H](C)O)NC(=O)[C@H](CC(=O)O)NC1=O. The Bertz CT molecular complexity index is 4140. The third-order valence-corrected chi connectivity index (χ3v) is 20.3. The van der Waals surface area contributed by atoms with Gasteiger partial charge >= 0.3 is 11.9 Å². The molecule has 17 N–H and O–H groups in total. The number of hydrogen-bond donors (Lipinski definition) is 16. The van der Waals surface area contributed by atoms with E-state index in [1.807, 2.05) is 30.3 Å². The Kier molecular flexibility index (Phi) is 35.2. The van der Waals surface area contributed by atoms with E-state index < -0.39 is 235 Å². The van der Waals surface area contributed by atoms with Crippen molar-refractivity contribution in [1.29, 1.82) is 0 Å². The lowest BCUT2D eigenvalue weighted by atomic mass is 9.98. The molecule has 2 saturated heterocycles. The van der Waals surface area contributed by atoms with Gasteiger partial charge in [-0.15, -0.1) is 11.8 Å². The van der Waals surface area contributed by atoms with Gasteiger partial charge in [-0.1, -0.05) is 129 Å². The highest BCUT2D eigenvalue weighted by Gasteiger charge is 2.43. The number of nitrogens with zero attached hydrogens (tertiary/aromatic N) is 3. The molecule has 0 unspecified atom stereocenters. The number of amides is 15. The highest BCUT2D eigenvalue weighted by atomic mass is 32.2. The zero-order chi connectivity index (χ0) is 85.1. The average molecular weight is 1620 g/mol. The molecule has 0 saturated carbocycles. The van der Waals surface area contributed by atoms with Gasteiger partial charge in [0.15, 0.2) is 0 Å². The largest absolute Gasteiger partial charge is 0.481 e. The molecular formula is C78H103N15O21S. The average Bonchev–Trinajstić information content (AvgIpc) is 1.82. The van der Waals surface area contributed by atoms with Crippen LogP contribution in [-0.4, -0.2) is 265 Å². The molecule has 115 heavy (non-hydrogen) atoms. The zero-order valence-corrected chi connectivity index (χ0v) is 66.1. The number of nitrogens with one attached hydrogen (secondary N) is 11. The highest BCUT2D eigenvalue weighted by molar-refractivity contribution is 8.00. The highest BCUT2D eigenvalue weighted by Crippen LogP contribution is 2.23. The lowest BCUT2D eigenvalue weighted by Crippen LogP contribution is -2.63. The van der Waals surface area contributed by atoms with Gasteiger partial charge in [-0.25, -0.2) is 0 Å². The predicted molar refractivity (Wildman–Crippen MR) is 417 cm³/mol. The molecule has 2 aliphatic rings. The van der Waals surface area contributed by atoms with E-state index in [0.29, 0.717) is 16.7 Å². The second-order valence-corrected chi connectivity index (χ2v) is 29.7. The molecule has 0 bridgehead atoms. The fourth-order valence-electron chi connectivity index (χ4n) is 12.7. The maximum atomic E-state index is 15.2. The second kappa shape index (κ2) is 44.0. The molecule has 0 aromatic heterocycles. The summed E-state index contributed by atoms with van der Waals surface area (Å²) in [4.78, 5) is 241. The Labute approximate surface area is 668 Å². The normalized spacial score (nSPS) is 25.2. The molecule has 15 amide bonds. The lowest BCUT2D eigenvalue weighted by molar-refractivity contribution is -0.145. The van der Waals surface area contributed by atoms with E-state index in [1.165, 1.54) is 48.7 Å². The summed E-state index contributed by atoms with van der Waals surface area (Å²) in [7, 11) is 2.46. The summed E-state index contributed by atoms with van der Waals surface area (Å²) in [5.41, 5.74) is 8.47. The molecule has 6 rings (SSSR count). The Balaban J connectivity index is 1.39. The molecule has 2 heterocycles. The van der Waals surface area contributed by atoms with Crippen molar-refractivity contribution in [3.63, 3.8) is 0 Å². The van der Waals surface area contributed by atoms with Crippen LogP contribution >= 0.6 is 11.8 Å². The first-order valence-electron chi connectivity index (χ1n) is 37.4. The number of carboxylic acids is 2. The molecule has 0 aliphatic carbocycles. The topological polar surface area (TPSA) is 539 Å². The third kappa shape index (κ3) is 27.7. The summed E-state index contributed by atoms with van der Waals surface area (Å²) in [6, 6.07) is 11.4. The summed E-state index contributed by atoms with van der Waals surface area (Å²) in [5.74, 6) is -20.1. The number of rotatable bonds is 18. The van der Waals surface area contributed by atoms with Crippen LogP contribution < -0.4 is 64.2 Å². The number of fused-ring (bicyclic) bond motifs is 1. The molecule has 36 nitrogen and oxygen atoms in total. The minimum atomic E-state index is -2.07. The van der Waals surface area contributed by atoms with Gasteiger partial charge in [-0.3, -0.25) is 81.5 Å². The molecule has 15 atom stereocenters. The Morgan fingerprint density at radius 3 is 1.54 bits per heavy atom. The van der Waals surface area contributed by atoms with Crippen molar-refractivity contribution in [1.82, 2.24) is 73.2 Å². The van der Waals surface area contributed by atoms with Gasteiger partial charge < -0.3 is 99.3 Å². The molecule has 0 spiro atoms. The van der Waals surface area contributed by atoms with E-state index in [2.05, 4.69) is 58.5 Å². The number of benzene rings is 4. The molecule has 37 heteroatoms. The van der Waals surface area contributed by atoms with E-state index in [0.717, 1.165) is 51.4 Å². The maximum Gasteiger partial charge on any atom is 0.305 e. The first kappa shape index (κ1) is 92.0. The fourth-order valence-corrected chi connectivity index (χ4v) is 13.5. The minimum absolute atomic E-state index is 0.0283. The van der Waals surface area contributed by atoms with Crippen molar-refractivity contribution < 1.29 is 102 Å². The number of hydrogen-bond acceptors (Lipinski definition) is 20. The Morgan fingerprint density at radius 1 is 0.496 bits per heavy atom. The van der Waals surface area contributed by atoms with Crippen LogP contribution in [0, 0.1) is 5.92 Å². The summed E-state index contributed by atoms with van der Waals surface area (Å²) < 4.78 is 0. The van der Waals surface area contributed by atoms with Crippen molar-refractivity contribution in [2.45, 2.75) is 191 Å². The summed E-state index contributed by atoms with van der Waals surface area (Å²) in [6.45, 7) is 8.10. The fraction of sp³-hybridized carbons (Fsp3) is 0.474. The van der Waals surface area contributed by atoms with E-state index in [9.17, 15) is 92.3 Å². The van der Waals surface area contributed by atoms with E-state index in [1.54, 1.807) is 84.9 Å². The van der Waals surface area contributed by atoms with Crippen molar-refractivity contribution >= 4 is 112 Å². The number of thioether (sulfide) groups is 1. The van der Waals surface area contributed by atoms with Gasteiger partial charge in [0.25, 0.3) is 0 Å². The summed E-state index contributed by atoms with van der Waals surface area (Å²) >= 11 is 0.774. The number of carbonyl (C=O) groups is 17. The first-order chi connectivity index (χ1) is 54.3. The molecule has 0 radical (unpaired) electrons. The smallest absolute Gasteiger partial charge is 0.305 e. The minimum Gasteiger partial charge on any atom is -0.481 e. The molecule has 4 aromatic rings. The first-order valence-corrected chi connectivity index (χ1v) is 38.5. The van der Waals surface area contributed by atoms with Gasteiger partial charge in [-0.2, -0.15) is 0 Å². The number of primary amides is 1. The van der Waals surface area contributed by atoms with Crippen LogP contribution in [0.15, 0.2) is 115 Å². The number of carboxylic acid groups (broad SMARTS) is 2. The van der Waals surface area contributed by atoms with E-state index in [4.69, 9.17) is 5.73 Å². The van der Waals surface area contributed by atoms with Gasteiger partial charge in [0.05, 0.1) is 30.9 Å². The molecular weight excluding hydrogens is 1520 g/mol. The van der Waals surface area contributed by atoms with Crippen LogP contribution in [-0.2, 0) is 101 Å². The Morgan fingerprint density at radius 2 is 0.974 bits per heavy atom. The van der Waals surface area contributed by atoms with Crippen molar-refractivity contribution in [2.75, 3.05) is 38.7 Å². The van der Waals surface area contributed by atoms with E-state index >= 15 is 9.59 Å². The Hall–Kier alpha value is -11.9. The lowest BCUT2D eigenvalue weighted by Gasteiger charge is -2.33. The number of carbonyl (C=O) groups excluding carboxylic acids is 15. The van der Waals surface area contributed by atoms with Crippen molar-refractivity contribution in [2.24, 2.45) is 11.7 Å². The quantitative estimate of drug-likeness (QED) is 0.0473. The molecule has 2 aliphatic heterocycles. The van der Waals surface area contributed by atoms with Gasteiger partial charge in [0, 0.05) is 52.1 Å². The zero-order valence-electron chi connectivity index (χ0n) is 65.2. The number of nitrogens with two attached hydrogens (primary N) is 1. The van der Waals surface area contributed by atoms with Crippen molar-refractivity contribution in [3.05, 3.63) is 132 Å².